The van der Waals surface area contributed by atoms with Gasteiger partial charge in [0.15, 0.2) is 0 Å². The Kier molecular flexibility index (Phi) is 7.99. The van der Waals surface area contributed by atoms with Crippen LogP contribution >= 0.6 is 0 Å². The molecule has 0 heterocycles. The van der Waals surface area contributed by atoms with Crippen LogP contribution in [0.25, 0.3) is 0 Å². The Balaban J connectivity index is 2.29. The maximum Gasteiger partial charge on any atom is 0.239 e. The van der Waals surface area contributed by atoms with Gasteiger partial charge >= 0.3 is 0 Å². The van der Waals surface area contributed by atoms with Crippen LogP contribution in [0.3, 0.4) is 0 Å². The Hall–Kier alpha value is -2.08. The van der Waals surface area contributed by atoms with Crippen LogP contribution in [0.15, 0.2) is 24.3 Å². The van der Waals surface area contributed by atoms with E-state index in [1.54, 1.807) is 7.11 Å². The number of likely N-dealkylation sites (N-methyl/N-ethyl adjacent to an activating group) is 1. The van der Waals surface area contributed by atoms with Crippen molar-refractivity contribution in [3.63, 3.8) is 0 Å². The van der Waals surface area contributed by atoms with Crippen LogP contribution < -0.4 is 15.4 Å². The summed E-state index contributed by atoms with van der Waals surface area (Å²) in [6.07, 6.45) is 0.879. The van der Waals surface area contributed by atoms with Crippen molar-refractivity contribution in [1.82, 2.24) is 15.5 Å². The number of amides is 2. The molecule has 1 aromatic rings. The fourth-order valence-corrected chi connectivity index (χ4v) is 1.91. The molecule has 2 N–H and O–H groups in total. The Labute approximate surface area is 131 Å². The van der Waals surface area contributed by atoms with Gasteiger partial charge in [0.25, 0.3) is 0 Å². The fourth-order valence-electron chi connectivity index (χ4n) is 1.91. The van der Waals surface area contributed by atoms with Crippen molar-refractivity contribution in [2.75, 3.05) is 33.8 Å². The van der Waals surface area contributed by atoms with E-state index in [1.807, 2.05) is 43.1 Å². The molecule has 6 nitrogen and oxygen atoms in total. The van der Waals surface area contributed by atoms with E-state index in [2.05, 4.69) is 10.6 Å². The molecular weight excluding hydrogens is 282 g/mol. The molecule has 0 bridgehead atoms. The largest absolute Gasteiger partial charge is 0.497 e. The molecule has 6 heteroatoms. The van der Waals surface area contributed by atoms with E-state index in [1.165, 1.54) is 0 Å². The first-order valence-electron chi connectivity index (χ1n) is 7.40. The summed E-state index contributed by atoms with van der Waals surface area (Å²) in [6.45, 7) is 3.53. The lowest BCUT2D eigenvalue weighted by Crippen LogP contribution is -2.41. The molecule has 2 amide bonds. The maximum atomic E-state index is 11.8. The zero-order valence-electron chi connectivity index (χ0n) is 13.5. The molecule has 0 spiro atoms. The number of benzene rings is 1. The summed E-state index contributed by atoms with van der Waals surface area (Å²) in [5.41, 5.74) is 1.09. The summed E-state index contributed by atoms with van der Waals surface area (Å²) in [7, 11) is 3.49. The summed E-state index contributed by atoms with van der Waals surface area (Å²) in [5.74, 6) is 0.484. The zero-order valence-corrected chi connectivity index (χ0v) is 13.5. The Morgan fingerprint density at radius 1 is 1.14 bits per heavy atom. The predicted molar refractivity (Wildman–Crippen MR) is 85.6 cm³/mol. The van der Waals surface area contributed by atoms with Crippen molar-refractivity contribution in [2.45, 2.75) is 19.9 Å². The second kappa shape index (κ2) is 9.78. The third-order valence-corrected chi connectivity index (χ3v) is 3.04. The minimum absolute atomic E-state index is 0.0230. The first-order valence-corrected chi connectivity index (χ1v) is 7.40. The lowest BCUT2D eigenvalue weighted by molar-refractivity contribution is -0.126. The molecule has 0 radical (unpaired) electrons. The van der Waals surface area contributed by atoms with E-state index in [0.717, 1.165) is 17.7 Å². The smallest absolute Gasteiger partial charge is 0.239 e. The summed E-state index contributed by atoms with van der Waals surface area (Å²) in [5, 5.41) is 5.33. The standard InChI is InChI=1S/C16H25N3O3/c1-4-9-17-15(20)10-18-16(21)12-19(2)11-13-5-7-14(22-3)8-6-13/h5-8H,4,9-12H2,1-3H3,(H,17,20)(H,18,21). The highest BCUT2D eigenvalue weighted by Gasteiger charge is 2.08. The highest BCUT2D eigenvalue weighted by atomic mass is 16.5. The molecular formula is C16H25N3O3. The average molecular weight is 307 g/mol. The number of rotatable bonds is 9. The van der Waals surface area contributed by atoms with Gasteiger partial charge in [-0.15, -0.1) is 0 Å². The van der Waals surface area contributed by atoms with Crippen molar-refractivity contribution in [3.05, 3.63) is 29.8 Å². The molecule has 0 aromatic heterocycles. The number of hydrogen-bond acceptors (Lipinski definition) is 4. The number of nitrogens with zero attached hydrogens (tertiary/aromatic N) is 1. The minimum atomic E-state index is -0.164. The zero-order chi connectivity index (χ0) is 16.4. The van der Waals surface area contributed by atoms with Gasteiger partial charge in [-0.1, -0.05) is 19.1 Å². The minimum Gasteiger partial charge on any atom is -0.497 e. The fraction of sp³-hybridized carbons (Fsp3) is 0.500. The molecule has 0 aliphatic rings. The van der Waals surface area contributed by atoms with E-state index in [4.69, 9.17) is 4.74 Å². The van der Waals surface area contributed by atoms with Gasteiger partial charge in [0.05, 0.1) is 20.2 Å². The lowest BCUT2D eigenvalue weighted by atomic mass is 10.2. The Morgan fingerprint density at radius 2 is 1.82 bits per heavy atom. The first kappa shape index (κ1) is 18.0. The molecule has 0 unspecified atom stereocenters. The molecule has 122 valence electrons. The van der Waals surface area contributed by atoms with Crippen LogP contribution in [-0.4, -0.2) is 50.5 Å². The molecule has 0 fully saturated rings. The van der Waals surface area contributed by atoms with Gasteiger partial charge < -0.3 is 15.4 Å². The van der Waals surface area contributed by atoms with Crippen molar-refractivity contribution >= 4 is 11.8 Å². The van der Waals surface area contributed by atoms with Gasteiger partial charge in [0, 0.05) is 13.1 Å². The van der Waals surface area contributed by atoms with Gasteiger partial charge in [-0.3, -0.25) is 14.5 Å². The van der Waals surface area contributed by atoms with E-state index >= 15 is 0 Å². The first-order chi connectivity index (χ1) is 10.5. The topological polar surface area (TPSA) is 70.7 Å². The lowest BCUT2D eigenvalue weighted by Gasteiger charge is -2.16. The monoisotopic (exact) mass is 307 g/mol. The average Bonchev–Trinajstić information content (AvgIpc) is 2.51. The third-order valence-electron chi connectivity index (χ3n) is 3.04. The summed E-state index contributed by atoms with van der Waals surface area (Å²) >= 11 is 0. The Morgan fingerprint density at radius 3 is 2.41 bits per heavy atom. The van der Waals surface area contributed by atoms with Crippen LogP contribution in [0, 0.1) is 0 Å². The number of carbonyl (C=O) groups is 2. The second-order valence-corrected chi connectivity index (χ2v) is 5.15. The van der Waals surface area contributed by atoms with E-state index in [0.29, 0.717) is 13.1 Å². The molecule has 0 saturated carbocycles. The summed E-state index contributed by atoms with van der Waals surface area (Å²) < 4.78 is 5.11. The molecule has 0 aliphatic heterocycles. The van der Waals surface area contributed by atoms with Crippen molar-refractivity contribution in [2.24, 2.45) is 0 Å². The highest BCUT2D eigenvalue weighted by Crippen LogP contribution is 2.12. The van der Waals surface area contributed by atoms with E-state index in [9.17, 15) is 9.59 Å². The van der Waals surface area contributed by atoms with Crippen LogP contribution in [0.4, 0.5) is 0 Å². The molecule has 0 saturated heterocycles. The third kappa shape index (κ3) is 7.08. The van der Waals surface area contributed by atoms with Gasteiger partial charge in [0.2, 0.25) is 11.8 Å². The van der Waals surface area contributed by atoms with Crippen LogP contribution in [0.1, 0.15) is 18.9 Å². The number of methoxy groups -OCH3 is 1. The second-order valence-electron chi connectivity index (χ2n) is 5.15. The number of ether oxygens (including phenoxy) is 1. The van der Waals surface area contributed by atoms with Gasteiger partial charge in [0.1, 0.15) is 5.75 Å². The number of nitrogens with one attached hydrogen (secondary N) is 2. The molecule has 1 aromatic carbocycles. The van der Waals surface area contributed by atoms with Gasteiger partial charge in [-0.05, 0) is 31.2 Å². The van der Waals surface area contributed by atoms with Crippen molar-refractivity contribution in [3.8, 4) is 5.75 Å². The quantitative estimate of drug-likeness (QED) is 0.707. The molecule has 1 rings (SSSR count). The molecule has 0 aliphatic carbocycles. The van der Waals surface area contributed by atoms with Crippen LogP contribution in [0.5, 0.6) is 5.75 Å². The molecule has 22 heavy (non-hydrogen) atoms. The SMILES string of the molecule is CCCNC(=O)CNC(=O)CN(C)Cc1ccc(OC)cc1. The van der Waals surface area contributed by atoms with Crippen LogP contribution in [0.2, 0.25) is 0 Å². The normalized spacial score (nSPS) is 10.4. The maximum absolute atomic E-state index is 11.8. The van der Waals surface area contributed by atoms with E-state index in [-0.39, 0.29) is 24.9 Å². The van der Waals surface area contributed by atoms with Crippen LogP contribution in [-0.2, 0) is 16.1 Å². The molecule has 0 atom stereocenters. The summed E-state index contributed by atoms with van der Waals surface area (Å²) in [4.78, 5) is 25.1. The number of hydrogen-bond donors (Lipinski definition) is 2. The number of carbonyl (C=O) groups excluding carboxylic acids is 2. The Bertz CT molecular complexity index is 474. The van der Waals surface area contributed by atoms with Crippen molar-refractivity contribution in [1.29, 1.82) is 0 Å². The summed E-state index contributed by atoms with van der Waals surface area (Å²) in [6, 6.07) is 7.71. The van der Waals surface area contributed by atoms with Gasteiger partial charge in [-0.25, -0.2) is 0 Å². The van der Waals surface area contributed by atoms with E-state index < -0.39 is 0 Å². The highest BCUT2D eigenvalue weighted by molar-refractivity contribution is 5.85. The van der Waals surface area contributed by atoms with Crippen molar-refractivity contribution < 1.29 is 14.3 Å². The van der Waals surface area contributed by atoms with Gasteiger partial charge in [-0.2, -0.15) is 0 Å². The predicted octanol–water partition coefficient (Wildman–Crippen LogP) is 0.769.